The van der Waals surface area contributed by atoms with Crippen LogP contribution in [0.25, 0.3) is 0 Å². The van der Waals surface area contributed by atoms with Gasteiger partial charge in [0.15, 0.2) is 5.76 Å². The highest BCUT2D eigenvalue weighted by atomic mass is 16.5. The first kappa shape index (κ1) is 25.4. The van der Waals surface area contributed by atoms with Crippen LogP contribution in [0.1, 0.15) is 56.2 Å². The molecule has 2 aromatic heterocycles. The van der Waals surface area contributed by atoms with Crippen molar-refractivity contribution in [2.45, 2.75) is 45.6 Å². The van der Waals surface area contributed by atoms with Gasteiger partial charge in [0.2, 0.25) is 5.91 Å². The zero-order valence-corrected chi connectivity index (χ0v) is 19.8. The number of rotatable bonds is 10. The lowest BCUT2D eigenvalue weighted by atomic mass is 9.99. The maximum Gasteiger partial charge on any atom is 0.324 e. The summed E-state index contributed by atoms with van der Waals surface area (Å²) in [6.45, 7) is 5.56. The van der Waals surface area contributed by atoms with Crippen molar-refractivity contribution in [3.05, 3.63) is 71.7 Å². The van der Waals surface area contributed by atoms with Crippen LogP contribution in [0.15, 0.2) is 59.3 Å². The molecule has 2 heterocycles. The van der Waals surface area contributed by atoms with E-state index in [4.69, 9.17) is 4.52 Å². The largest absolute Gasteiger partial charge is 0.481 e. The maximum absolute atomic E-state index is 12.7. The van der Waals surface area contributed by atoms with E-state index in [1.54, 1.807) is 54.7 Å². The number of aromatic nitrogens is 2. The Bertz CT molecular complexity index is 1140. The second-order valence-electron chi connectivity index (χ2n) is 8.63. The molecule has 0 aliphatic carbocycles. The van der Waals surface area contributed by atoms with Crippen LogP contribution >= 0.6 is 0 Å². The van der Waals surface area contributed by atoms with Crippen LogP contribution in [0, 0.1) is 5.92 Å². The average molecular weight is 480 g/mol. The fourth-order valence-corrected chi connectivity index (χ4v) is 3.37. The highest BCUT2D eigenvalue weighted by molar-refractivity contribution is 5.99. The first-order valence-electron chi connectivity index (χ1n) is 11.3. The average Bonchev–Trinajstić information content (AvgIpc) is 3.30. The smallest absolute Gasteiger partial charge is 0.324 e. The van der Waals surface area contributed by atoms with Gasteiger partial charge in [0.1, 0.15) is 17.4 Å². The molecule has 0 spiro atoms. The molecule has 10 nitrogen and oxygen atoms in total. The molecule has 0 fully saturated rings. The number of anilines is 2. The third kappa shape index (κ3) is 7.66. The summed E-state index contributed by atoms with van der Waals surface area (Å²) in [5, 5.41) is 21.5. The van der Waals surface area contributed by atoms with Crippen LogP contribution in [-0.2, 0) is 16.0 Å². The molecule has 10 heteroatoms. The number of hydrogen-bond acceptors (Lipinski definition) is 6. The van der Waals surface area contributed by atoms with Crippen molar-refractivity contribution in [1.29, 1.82) is 0 Å². The summed E-state index contributed by atoms with van der Waals surface area (Å²) < 4.78 is 5.21. The lowest BCUT2D eigenvalue weighted by Crippen LogP contribution is -2.31. The quantitative estimate of drug-likeness (QED) is 0.338. The SMILES string of the molecule is CC(C)CC(NC(=O)Cc1ccc(NC(=O)Nc2ccccn2)cc1)c1cc(C(C)C(=O)O)on1. The number of benzene rings is 1. The number of urea groups is 1. The Kier molecular flexibility index (Phi) is 8.55. The van der Waals surface area contributed by atoms with Gasteiger partial charge in [-0.2, -0.15) is 0 Å². The number of carboxylic acid groups (broad SMARTS) is 1. The Balaban J connectivity index is 1.58. The summed E-state index contributed by atoms with van der Waals surface area (Å²) in [6.07, 6.45) is 2.33. The molecule has 0 saturated heterocycles. The van der Waals surface area contributed by atoms with E-state index in [1.165, 1.54) is 6.92 Å². The highest BCUT2D eigenvalue weighted by Crippen LogP contribution is 2.25. The molecule has 4 N–H and O–H groups in total. The Morgan fingerprint density at radius 2 is 1.77 bits per heavy atom. The molecule has 2 atom stereocenters. The Labute approximate surface area is 203 Å². The zero-order chi connectivity index (χ0) is 25.4. The predicted molar refractivity (Wildman–Crippen MR) is 130 cm³/mol. The van der Waals surface area contributed by atoms with Crippen LogP contribution in [-0.4, -0.2) is 33.2 Å². The predicted octanol–water partition coefficient (Wildman–Crippen LogP) is 4.35. The van der Waals surface area contributed by atoms with E-state index in [0.29, 0.717) is 23.6 Å². The Morgan fingerprint density at radius 1 is 1.03 bits per heavy atom. The van der Waals surface area contributed by atoms with E-state index in [2.05, 4.69) is 26.1 Å². The fraction of sp³-hybridized carbons (Fsp3) is 0.320. The minimum atomic E-state index is -1.01. The molecule has 184 valence electrons. The number of carboxylic acids is 1. The van der Waals surface area contributed by atoms with Crippen molar-refractivity contribution in [2.24, 2.45) is 5.92 Å². The van der Waals surface area contributed by atoms with Gasteiger partial charge < -0.3 is 20.3 Å². The molecular weight excluding hydrogens is 450 g/mol. The van der Waals surface area contributed by atoms with Gasteiger partial charge in [0.25, 0.3) is 0 Å². The molecule has 0 saturated carbocycles. The van der Waals surface area contributed by atoms with Crippen molar-refractivity contribution in [3.63, 3.8) is 0 Å². The molecular formula is C25H29N5O5. The number of carbonyl (C=O) groups excluding carboxylic acids is 2. The van der Waals surface area contributed by atoms with Gasteiger partial charge in [0.05, 0.1) is 12.5 Å². The molecule has 0 radical (unpaired) electrons. The van der Waals surface area contributed by atoms with Gasteiger partial charge in [0, 0.05) is 18.0 Å². The number of nitrogens with one attached hydrogen (secondary N) is 3. The van der Waals surface area contributed by atoms with Crippen molar-refractivity contribution in [1.82, 2.24) is 15.5 Å². The highest BCUT2D eigenvalue weighted by Gasteiger charge is 2.24. The first-order chi connectivity index (χ1) is 16.7. The molecule has 0 aliphatic heterocycles. The van der Waals surface area contributed by atoms with E-state index < -0.39 is 24.0 Å². The number of nitrogens with zero attached hydrogens (tertiary/aromatic N) is 2. The number of carbonyl (C=O) groups is 3. The second-order valence-corrected chi connectivity index (χ2v) is 8.63. The summed E-state index contributed by atoms with van der Waals surface area (Å²) in [6, 6.07) is 12.9. The minimum Gasteiger partial charge on any atom is -0.481 e. The van der Waals surface area contributed by atoms with Gasteiger partial charge in [-0.25, -0.2) is 9.78 Å². The summed E-state index contributed by atoms with van der Waals surface area (Å²) in [4.78, 5) is 40.1. The standard InChI is InChI=1S/C25H29N5O5/c1-15(2)12-19(20-14-21(35-30-20)16(3)24(32)33)28-23(31)13-17-7-9-18(10-8-17)27-25(34)29-22-6-4-5-11-26-22/h4-11,14-16,19H,12-13H2,1-3H3,(H,28,31)(H,32,33)(H2,26,27,29,34). The van der Waals surface area contributed by atoms with E-state index in [9.17, 15) is 19.5 Å². The van der Waals surface area contributed by atoms with Crippen LogP contribution in [0.5, 0.6) is 0 Å². The summed E-state index contributed by atoms with van der Waals surface area (Å²) >= 11 is 0. The van der Waals surface area contributed by atoms with Crippen LogP contribution in [0.2, 0.25) is 0 Å². The van der Waals surface area contributed by atoms with Crippen LogP contribution in [0.3, 0.4) is 0 Å². The van der Waals surface area contributed by atoms with Crippen molar-refractivity contribution >= 4 is 29.4 Å². The molecule has 0 bridgehead atoms. The van der Waals surface area contributed by atoms with Crippen molar-refractivity contribution < 1.29 is 24.0 Å². The molecule has 1 aromatic carbocycles. The third-order valence-corrected chi connectivity index (χ3v) is 5.23. The topological polar surface area (TPSA) is 146 Å². The summed E-state index contributed by atoms with van der Waals surface area (Å²) in [5.74, 6) is -1.11. The van der Waals surface area contributed by atoms with Gasteiger partial charge in [-0.3, -0.25) is 14.9 Å². The third-order valence-electron chi connectivity index (χ3n) is 5.23. The van der Waals surface area contributed by atoms with E-state index in [1.807, 2.05) is 13.8 Å². The fourth-order valence-electron chi connectivity index (χ4n) is 3.37. The molecule has 3 rings (SSSR count). The first-order valence-corrected chi connectivity index (χ1v) is 11.3. The van der Waals surface area contributed by atoms with Crippen molar-refractivity contribution in [3.8, 4) is 0 Å². The summed E-state index contributed by atoms with van der Waals surface area (Å²) in [7, 11) is 0. The van der Waals surface area contributed by atoms with E-state index in [0.717, 1.165) is 5.56 Å². The summed E-state index contributed by atoms with van der Waals surface area (Å²) in [5.41, 5.74) is 1.83. The normalized spacial score (nSPS) is 12.6. The van der Waals surface area contributed by atoms with E-state index >= 15 is 0 Å². The van der Waals surface area contributed by atoms with Gasteiger partial charge in [-0.1, -0.05) is 37.2 Å². The van der Waals surface area contributed by atoms with Gasteiger partial charge in [-0.05, 0) is 49.1 Å². The maximum atomic E-state index is 12.7. The number of hydrogen-bond donors (Lipinski definition) is 4. The second kappa shape index (κ2) is 11.8. The Hall–Kier alpha value is -4.21. The minimum absolute atomic E-state index is 0.130. The number of amides is 3. The van der Waals surface area contributed by atoms with Crippen LogP contribution < -0.4 is 16.0 Å². The van der Waals surface area contributed by atoms with Crippen LogP contribution in [0.4, 0.5) is 16.3 Å². The van der Waals surface area contributed by atoms with Gasteiger partial charge in [-0.15, -0.1) is 0 Å². The monoisotopic (exact) mass is 479 g/mol. The molecule has 3 aromatic rings. The number of pyridine rings is 1. The van der Waals surface area contributed by atoms with E-state index in [-0.39, 0.29) is 24.0 Å². The molecule has 2 unspecified atom stereocenters. The zero-order valence-electron chi connectivity index (χ0n) is 19.8. The van der Waals surface area contributed by atoms with Gasteiger partial charge >= 0.3 is 12.0 Å². The molecule has 3 amide bonds. The lowest BCUT2D eigenvalue weighted by Gasteiger charge is -2.18. The molecule has 35 heavy (non-hydrogen) atoms. The Morgan fingerprint density at radius 3 is 2.40 bits per heavy atom. The number of aliphatic carboxylic acids is 1. The lowest BCUT2D eigenvalue weighted by molar-refractivity contribution is -0.138. The molecule has 0 aliphatic rings. The van der Waals surface area contributed by atoms with Crippen molar-refractivity contribution in [2.75, 3.05) is 10.6 Å².